The Bertz CT molecular complexity index is 440. The number of anilines is 1. The summed E-state index contributed by atoms with van der Waals surface area (Å²) in [5.74, 6) is 0.152. The van der Waals surface area contributed by atoms with Gasteiger partial charge in [0.25, 0.3) is 6.29 Å². The van der Waals surface area contributed by atoms with E-state index in [0.717, 1.165) is 24.4 Å². The van der Waals surface area contributed by atoms with Gasteiger partial charge in [-0.3, -0.25) is 4.79 Å². The molecule has 0 saturated carbocycles. The van der Waals surface area contributed by atoms with Crippen LogP contribution < -0.4 is 5.73 Å². The molecule has 0 spiro atoms. The van der Waals surface area contributed by atoms with Crippen LogP contribution in [0.15, 0.2) is 17.3 Å². The minimum Gasteiger partial charge on any atom is -0.388 e. The molecule has 2 rings (SSSR count). The maximum Gasteiger partial charge on any atom is 0.261 e. The third-order valence-electron chi connectivity index (χ3n) is 2.00. The Kier molecular flexibility index (Phi) is 3.25. The van der Waals surface area contributed by atoms with E-state index in [1.54, 1.807) is 6.29 Å². The summed E-state index contributed by atoms with van der Waals surface area (Å²) in [5, 5.41) is 3.95. The lowest BCUT2D eigenvalue weighted by molar-refractivity contribution is 0.0932. The molecule has 0 fully saturated rings. The second-order valence-electron chi connectivity index (χ2n) is 3.15. The molecular weight excluding hydrogens is 228 g/mol. The second kappa shape index (κ2) is 4.84. The monoisotopic (exact) mass is 237 g/mol. The van der Waals surface area contributed by atoms with Crippen molar-refractivity contribution in [3.63, 3.8) is 0 Å². The standard InChI is InChI=1S/C9H9N4O2S/c10-9-11-8(13-16-9)7(5-14)12-15-6-3-1-2-4-6/h1,3,6H,2,4H2,(H2,10,11,13). The predicted octanol–water partition coefficient (Wildman–Crippen LogP) is 0.669. The van der Waals surface area contributed by atoms with E-state index < -0.39 is 0 Å². The average molecular weight is 237 g/mol. The molecule has 16 heavy (non-hydrogen) atoms. The van der Waals surface area contributed by atoms with Gasteiger partial charge in [-0.15, -0.1) is 0 Å². The first kappa shape index (κ1) is 10.7. The average Bonchev–Trinajstić information content (AvgIpc) is 2.91. The van der Waals surface area contributed by atoms with Gasteiger partial charge in [0.2, 0.25) is 5.82 Å². The molecule has 1 atom stereocenters. The molecule has 1 aromatic rings. The van der Waals surface area contributed by atoms with Crippen molar-refractivity contribution in [1.82, 2.24) is 9.36 Å². The summed E-state index contributed by atoms with van der Waals surface area (Å²) >= 11 is 0.994. The van der Waals surface area contributed by atoms with Crippen molar-refractivity contribution < 1.29 is 9.63 Å². The molecule has 1 heterocycles. The van der Waals surface area contributed by atoms with Crippen LogP contribution in [0.5, 0.6) is 0 Å². The maximum atomic E-state index is 10.6. The molecule has 1 unspecified atom stereocenters. The number of carbonyl (C=O) groups excluding carboxylic acids is 1. The minimum atomic E-state index is -0.0840. The Hall–Kier alpha value is -1.76. The number of hydrogen-bond donors (Lipinski definition) is 1. The van der Waals surface area contributed by atoms with E-state index in [1.165, 1.54) is 0 Å². The number of aromatic nitrogens is 2. The van der Waals surface area contributed by atoms with E-state index in [9.17, 15) is 4.79 Å². The van der Waals surface area contributed by atoms with E-state index in [-0.39, 0.29) is 22.8 Å². The highest BCUT2D eigenvalue weighted by Gasteiger charge is 2.14. The molecule has 0 bridgehead atoms. The van der Waals surface area contributed by atoms with Crippen molar-refractivity contribution >= 4 is 28.7 Å². The fourth-order valence-electron chi connectivity index (χ4n) is 1.25. The maximum absolute atomic E-state index is 10.6. The first-order valence-electron chi connectivity index (χ1n) is 4.68. The lowest BCUT2D eigenvalue weighted by atomic mass is 10.3. The minimum absolute atomic E-state index is 0.0618. The third-order valence-corrected chi connectivity index (χ3v) is 2.54. The van der Waals surface area contributed by atoms with Crippen LogP contribution in [0.4, 0.5) is 5.13 Å². The van der Waals surface area contributed by atoms with Crippen LogP contribution in [0.3, 0.4) is 0 Å². The number of oxime groups is 1. The predicted molar refractivity (Wildman–Crippen MR) is 59.8 cm³/mol. The number of hydrogen-bond acceptors (Lipinski definition) is 7. The Morgan fingerprint density at radius 2 is 2.62 bits per heavy atom. The first-order valence-corrected chi connectivity index (χ1v) is 5.45. The summed E-state index contributed by atoms with van der Waals surface area (Å²) < 4.78 is 3.85. The third kappa shape index (κ3) is 2.43. The van der Waals surface area contributed by atoms with Gasteiger partial charge in [0.15, 0.2) is 10.8 Å². The summed E-state index contributed by atoms with van der Waals surface area (Å²) in [6.07, 6.45) is 7.27. The molecule has 6 nitrogen and oxygen atoms in total. The molecule has 83 valence electrons. The van der Waals surface area contributed by atoms with Crippen LogP contribution in [0.1, 0.15) is 18.7 Å². The van der Waals surface area contributed by atoms with E-state index in [0.29, 0.717) is 0 Å². The quantitative estimate of drug-likeness (QED) is 0.472. The highest BCUT2D eigenvalue weighted by atomic mass is 32.1. The number of allylic oxidation sites excluding steroid dienone is 1. The van der Waals surface area contributed by atoms with Crippen LogP contribution in [0.25, 0.3) is 0 Å². The van der Waals surface area contributed by atoms with Crippen LogP contribution in [0, 0.1) is 0 Å². The Labute approximate surface area is 96.0 Å². The molecular formula is C9H9N4O2S. The number of rotatable bonds is 4. The topological polar surface area (TPSA) is 90.5 Å². The molecule has 0 aliphatic heterocycles. The van der Waals surface area contributed by atoms with Crippen molar-refractivity contribution in [2.75, 3.05) is 5.73 Å². The molecule has 0 aromatic carbocycles. The summed E-state index contributed by atoms with van der Waals surface area (Å²) in [6.45, 7) is 0. The summed E-state index contributed by atoms with van der Waals surface area (Å²) in [6, 6.07) is 0. The molecule has 0 amide bonds. The fraction of sp³-hybridized carbons (Fsp3) is 0.333. The molecule has 2 N–H and O–H groups in total. The number of nitrogens with zero attached hydrogens (tertiary/aromatic N) is 3. The molecule has 7 heteroatoms. The van der Waals surface area contributed by atoms with Crippen LogP contribution in [0.2, 0.25) is 0 Å². The van der Waals surface area contributed by atoms with Crippen LogP contribution in [-0.2, 0) is 9.63 Å². The van der Waals surface area contributed by atoms with Gasteiger partial charge >= 0.3 is 0 Å². The second-order valence-corrected chi connectivity index (χ2v) is 3.93. The molecule has 0 saturated heterocycles. The van der Waals surface area contributed by atoms with Crippen molar-refractivity contribution in [1.29, 1.82) is 0 Å². The van der Waals surface area contributed by atoms with Crippen molar-refractivity contribution in [3.05, 3.63) is 18.0 Å². The molecule has 1 radical (unpaired) electrons. The Morgan fingerprint density at radius 3 is 3.19 bits per heavy atom. The van der Waals surface area contributed by atoms with Crippen molar-refractivity contribution in [2.24, 2.45) is 5.16 Å². The van der Waals surface area contributed by atoms with Crippen LogP contribution >= 0.6 is 11.5 Å². The van der Waals surface area contributed by atoms with Crippen molar-refractivity contribution in [3.8, 4) is 0 Å². The molecule has 1 aliphatic carbocycles. The number of nitrogens with two attached hydrogens (primary N) is 1. The zero-order valence-electron chi connectivity index (χ0n) is 8.29. The highest BCUT2D eigenvalue weighted by Crippen LogP contribution is 2.13. The molecule has 1 aromatic heterocycles. The van der Waals surface area contributed by atoms with E-state index >= 15 is 0 Å². The van der Waals surface area contributed by atoms with Gasteiger partial charge in [-0.05, 0) is 18.9 Å². The Balaban J connectivity index is 2.06. The van der Waals surface area contributed by atoms with Gasteiger partial charge in [-0.2, -0.15) is 9.36 Å². The largest absolute Gasteiger partial charge is 0.388 e. The normalized spacial score (nSPS) is 20.0. The first-order chi connectivity index (χ1) is 7.79. The van der Waals surface area contributed by atoms with Gasteiger partial charge in [0.05, 0.1) is 0 Å². The summed E-state index contributed by atoms with van der Waals surface area (Å²) in [5.41, 5.74) is 5.34. The van der Waals surface area contributed by atoms with E-state index in [1.807, 2.05) is 12.2 Å². The molecule has 1 aliphatic rings. The van der Waals surface area contributed by atoms with Gasteiger partial charge in [-0.1, -0.05) is 11.2 Å². The SMILES string of the molecule is Nc1nc(C([C]=O)=NOC2C=CCC2)ns1. The van der Waals surface area contributed by atoms with Gasteiger partial charge in [0, 0.05) is 11.5 Å². The summed E-state index contributed by atoms with van der Waals surface area (Å²) in [4.78, 5) is 19.6. The highest BCUT2D eigenvalue weighted by molar-refractivity contribution is 7.09. The summed E-state index contributed by atoms with van der Waals surface area (Å²) in [7, 11) is 0. The smallest absolute Gasteiger partial charge is 0.261 e. The Morgan fingerprint density at radius 1 is 1.75 bits per heavy atom. The van der Waals surface area contributed by atoms with Crippen molar-refractivity contribution in [2.45, 2.75) is 18.9 Å². The van der Waals surface area contributed by atoms with E-state index in [4.69, 9.17) is 10.6 Å². The number of nitrogen functional groups attached to an aromatic ring is 1. The van der Waals surface area contributed by atoms with Gasteiger partial charge in [-0.25, -0.2) is 0 Å². The fourth-order valence-corrected chi connectivity index (χ4v) is 1.68. The van der Waals surface area contributed by atoms with E-state index in [2.05, 4.69) is 14.5 Å². The lowest BCUT2D eigenvalue weighted by Gasteiger charge is -2.04. The van der Waals surface area contributed by atoms with Crippen LogP contribution in [-0.4, -0.2) is 27.5 Å². The zero-order valence-corrected chi connectivity index (χ0v) is 9.11. The van der Waals surface area contributed by atoms with Gasteiger partial charge in [0.1, 0.15) is 6.10 Å². The lowest BCUT2D eigenvalue weighted by Crippen LogP contribution is -2.09. The van der Waals surface area contributed by atoms with Gasteiger partial charge < -0.3 is 10.6 Å². The zero-order chi connectivity index (χ0) is 11.4.